The normalized spacial score (nSPS) is 20.1. The molecule has 6 aromatic rings. The molecule has 7 rings (SSSR count). The topological polar surface area (TPSA) is 66.4 Å². The van der Waals surface area contributed by atoms with Crippen molar-refractivity contribution >= 4 is 0 Å². The molecule has 6 nitrogen and oxygen atoms in total. The maximum atomic E-state index is 17.2. The Balaban J connectivity index is 1.34. The quantitative estimate of drug-likeness (QED) is 0.0994. The number of benzene rings is 6. The van der Waals surface area contributed by atoms with Crippen molar-refractivity contribution in [2.45, 2.75) is 83.1 Å². The van der Waals surface area contributed by atoms with Gasteiger partial charge in [0.05, 0.1) is 32.0 Å². The van der Waals surface area contributed by atoms with Gasteiger partial charge in [0.2, 0.25) is 5.79 Å². The molecule has 0 bridgehead atoms. The molecule has 8 heteroatoms. The van der Waals surface area contributed by atoms with Crippen molar-refractivity contribution < 1.29 is 37.6 Å². The first-order chi connectivity index (χ1) is 28.2. The van der Waals surface area contributed by atoms with Gasteiger partial charge in [-0.2, -0.15) is 0 Å². The minimum Gasteiger partial charge on any atom is -0.488 e. The van der Waals surface area contributed by atoms with E-state index in [9.17, 15) is 5.11 Å². The Bertz CT molecular complexity index is 2170. The summed E-state index contributed by atoms with van der Waals surface area (Å²) in [5.74, 6) is -5.91. The van der Waals surface area contributed by atoms with Gasteiger partial charge >= 0.3 is 5.92 Å². The zero-order valence-electron chi connectivity index (χ0n) is 32.9. The van der Waals surface area contributed by atoms with Crippen LogP contribution in [0.3, 0.4) is 0 Å². The van der Waals surface area contributed by atoms with E-state index in [2.05, 4.69) is 31.2 Å². The van der Waals surface area contributed by atoms with Gasteiger partial charge in [0.15, 0.2) is 12.2 Å². The van der Waals surface area contributed by atoms with Crippen molar-refractivity contribution in [3.8, 4) is 5.75 Å². The number of aryl methyl sites for hydroxylation is 2. The molecule has 0 radical (unpaired) electrons. The summed E-state index contributed by atoms with van der Waals surface area (Å²) < 4.78 is 65.9. The molecule has 1 N–H and O–H groups in total. The number of ether oxygens (including phenoxy) is 5. The van der Waals surface area contributed by atoms with Crippen LogP contribution in [0.1, 0.15) is 57.0 Å². The van der Waals surface area contributed by atoms with Crippen LogP contribution in [0.25, 0.3) is 0 Å². The Hall–Kier alpha value is -5.22. The van der Waals surface area contributed by atoms with E-state index in [1.54, 1.807) is 12.1 Å². The van der Waals surface area contributed by atoms with Gasteiger partial charge in [-0.25, -0.2) is 8.78 Å². The highest BCUT2D eigenvalue weighted by atomic mass is 19.3. The Morgan fingerprint density at radius 2 is 1.07 bits per heavy atom. The highest BCUT2D eigenvalue weighted by molar-refractivity contribution is 5.47. The van der Waals surface area contributed by atoms with Gasteiger partial charge in [-0.1, -0.05) is 153 Å². The number of rotatable bonds is 17. The molecule has 1 saturated heterocycles. The van der Waals surface area contributed by atoms with Gasteiger partial charge in [0.1, 0.15) is 18.5 Å². The Morgan fingerprint density at radius 3 is 1.60 bits per heavy atom. The molecule has 1 aliphatic rings. The summed E-state index contributed by atoms with van der Waals surface area (Å²) in [6, 6.07) is 49.3. The predicted octanol–water partition coefficient (Wildman–Crippen LogP) is 10.3. The average molecular weight is 785 g/mol. The van der Waals surface area contributed by atoms with Gasteiger partial charge in [0.25, 0.3) is 0 Å². The fourth-order valence-electron chi connectivity index (χ4n) is 7.26. The Kier molecular flexibility index (Phi) is 13.4. The third kappa shape index (κ3) is 9.89. The molecule has 0 aliphatic carbocycles. The van der Waals surface area contributed by atoms with Gasteiger partial charge in [-0.15, -0.1) is 0 Å². The fourth-order valence-corrected chi connectivity index (χ4v) is 7.26. The van der Waals surface area contributed by atoms with Crippen molar-refractivity contribution in [2.75, 3.05) is 6.61 Å². The van der Waals surface area contributed by atoms with Crippen LogP contribution < -0.4 is 4.74 Å². The summed E-state index contributed by atoms with van der Waals surface area (Å²) in [5, 5.41) is 13.3. The van der Waals surface area contributed by atoms with Crippen LogP contribution >= 0.6 is 0 Å². The first kappa shape index (κ1) is 41.0. The molecule has 0 amide bonds. The van der Waals surface area contributed by atoms with Crippen LogP contribution in [-0.2, 0) is 64.0 Å². The summed E-state index contributed by atoms with van der Waals surface area (Å²) in [7, 11) is 0. The van der Waals surface area contributed by atoms with Crippen molar-refractivity contribution in [3.63, 3.8) is 0 Å². The first-order valence-electron chi connectivity index (χ1n) is 19.8. The van der Waals surface area contributed by atoms with Crippen LogP contribution in [-0.4, -0.2) is 35.9 Å². The van der Waals surface area contributed by atoms with E-state index < -0.39 is 36.6 Å². The van der Waals surface area contributed by atoms with Gasteiger partial charge < -0.3 is 28.8 Å². The molecular weight excluding hydrogens is 735 g/mol. The summed E-state index contributed by atoms with van der Waals surface area (Å²) >= 11 is 0. The van der Waals surface area contributed by atoms with E-state index in [1.807, 2.05) is 128 Å². The molecule has 1 heterocycles. The lowest BCUT2D eigenvalue weighted by molar-refractivity contribution is -0.406. The maximum absolute atomic E-state index is 17.2. The monoisotopic (exact) mass is 784 g/mol. The summed E-state index contributed by atoms with van der Waals surface area (Å²) in [6.07, 6.45) is -4.21. The highest BCUT2D eigenvalue weighted by Gasteiger charge is 2.66. The minimum atomic E-state index is -3.68. The fraction of sp³-hybridized carbons (Fsp3) is 0.280. The van der Waals surface area contributed by atoms with E-state index in [4.69, 9.17) is 23.7 Å². The van der Waals surface area contributed by atoms with E-state index >= 15 is 8.78 Å². The molecule has 1 aliphatic heterocycles. The van der Waals surface area contributed by atoms with Gasteiger partial charge in [0, 0.05) is 0 Å². The number of halogens is 2. The van der Waals surface area contributed by atoms with Crippen molar-refractivity contribution in [1.82, 2.24) is 0 Å². The molecule has 0 spiro atoms. The number of hydrogen-bond acceptors (Lipinski definition) is 6. The van der Waals surface area contributed by atoms with Crippen molar-refractivity contribution in [1.29, 1.82) is 0 Å². The number of alkyl halides is 2. The van der Waals surface area contributed by atoms with E-state index in [0.717, 1.165) is 39.8 Å². The lowest BCUT2D eigenvalue weighted by Gasteiger charge is -2.50. The maximum Gasteiger partial charge on any atom is 0.304 e. The zero-order valence-corrected chi connectivity index (χ0v) is 32.9. The molecule has 0 saturated carbocycles. The molecule has 4 atom stereocenters. The molecule has 6 aromatic carbocycles. The molecule has 1 unspecified atom stereocenters. The second-order valence-corrected chi connectivity index (χ2v) is 14.8. The standard InChI is InChI=1S/C50H50F2O6/c1-3-37-24-26-38(27-25-37)29-43-30-44(45(28-36(43)2)55-32-40-18-10-5-11-19-40)50(53)48(57-34-42-22-14-7-15-23-42)47(56-33-41-20-12-6-13-21-41)49(51,52)46(58-50)35-54-31-39-16-8-4-9-17-39/h4-28,30,46-48,53H,3,29,31-35H2,1-2H3/t46-,47-,48-,50?/m1/s1. The minimum absolute atomic E-state index is 0.0651. The molecule has 300 valence electrons. The lowest BCUT2D eigenvalue weighted by atomic mass is 9.84. The average Bonchev–Trinajstić information content (AvgIpc) is 3.25. The third-order valence-electron chi connectivity index (χ3n) is 10.6. The lowest BCUT2D eigenvalue weighted by Crippen LogP contribution is -2.68. The number of hydrogen-bond donors (Lipinski definition) is 1. The Labute approximate surface area is 340 Å². The van der Waals surface area contributed by atoms with Gasteiger partial charge in [-0.05, 0) is 76.4 Å². The van der Waals surface area contributed by atoms with Gasteiger partial charge in [-0.3, -0.25) is 0 Å². The second kappa shape index (κ2) is 19.0. The van der Waals surface area contributed by atoms with Crippen LogP contribution in [0.4, 0.5) is 8.78 Å². The molecule has 58 heavy (non-hydrogen) atoms. The van der Waals surface area contributed by atoms with Crippen LogP contribution in [0, 0.1) is 6.92 Å². The van der Waals surface area contributed by atoms with Crippen LogP contribution in [0.15, 0.2) is 158 Å². The van der Waals surface area contributed by atoms with E-state index in [1.165, 1.54) is 5.56 Å². The molecule has 0 aromatic heterocycles. The SMILES string of the molecule is CCc1ccc(Cc2cc(C3(O)O[C@H](COCc4ccccc4)C(F)(F)[C@H](OCc4ccccc4)[C@H]3OCc3ccccc3)c(OCc3ccccc3)cc2C)cc1. The highest BCUT2D eigenvalue weighted by Crippen LogP contribution is 2.49. The summed E-state index contributed by atoms with van der Waals surface area (Å²) in [4.78, 5) is 0. The molecular formula is C50H50F2O6. The van der Waals surface area contributed by atoms with Crippen molar-refractivity contribution in [3.05, 3.63) is 208 Å². The van der Waals surface area contributed by atoms with Crippen LogP contribution in [0.5, 0.6) is 5.75 Å². The van der Waals surface area contributed by atoms with Crippen molar-refractivity contribution in [2.24, 2.45) is 0 Å². The molecule has 1 fully saturated rings. The predicted molar refractivity (Wildman–Crippen MR) is 220 cm³/mol. The first-order valence-corrected chi connectivity index (χ1v) is 19.8. The summed E-state index contributed by atoms with van der Waals surface area (Å²) in [6.45, 7) is 3.51. The summed E-state index contributed by atoms with van der Waals surface area (Å²) in [5.41, 5.74) is 7.31. The van der Waals surface area contributed by atoms with E-state index in [0.29, 0.717) is 12.0 Å². The van der Waals surface area contributed by atoms with E-state index in [-0.39, 0.29) is 37.7 Å². The Morgan fingerprint density at radius 1 is 0.586 bits per heavy atom. The number of aliphatic hydroxyl groups is 1. The smallest absolute Gasteiger partial charge is 0.304 e. The zero-order chi connectivity index (χ0) is 40.4. The van der Waals surface area contributed by atoms with Crippen LogP contribution in [0.2, 0.25) is 0 Å². The second-order valence-electron chi connectivity index (χ2n) is 14.8. The third-order valence-corrected chi connectivity index (χ3v) is 10.6. The largest absolute Gasteiger partial charge is 0.488 e.